The zero-order valence-corrected chi connectivity index (χ0v) is 22.0. The molecule has 7 rings (SSSR count). The van der Waals surface area contributed by atoms with Crippen molar-refractivity contribution in [2.24, 2.45) is 5.41 Å². The Bertz CT molecular complexity index is 1290. The molecule has 0 aliphatic heterocycles. The normalized spacial score (nSPS) is 24.8. The number of fused-ring (bicyclic) bond motifs is 3. The number of nitrogens with zero attached hydrogens (tertiary/aromatic N) is 1. The molecular weight excluding hydrogens is 513 g/mol. The zero-order valence-electron chi connectivity index (χ0n) is 20.5. The highest BCUT2D eigenvalue weighted by atomic mass is 35.5. The molecule has 4 aliphatic rings. The lowest BCUT2D eigenvalue weighted by atomic mass is 9.59. The average Bonchev–Trinajstić information content (AvgIpc) is 3.68. The number of carboxylic acids is 1. The van der Waals surface area contributed by atoms with Crippen LogP contribution >= 0.6 is 23.2 Å². The summed E-state index contributed by atoms with van der Waals surface area (Å²) in [7, 11) is 0. The van der Waals surface area contributed by atoms with Crippen molar-refractivity contribution in [3.05, 3.63) is 69.4 Å². The van der Waals surface area contributed by atoms with Crippen molar-refractivity contribution in [1.82, 2.24) is 5.16 Å². The summed E-state index contributed by atoms with van der Waals surface area (Å²) in [5.74, 6) is 0.957. The van der Waals surface area contributed by atoms with Crippen LogP contribution in [0.2, 0.25) is 10.0 Å². The molecule has 0 saturated heterocycles. The molecule has 6 nitrogen and oxygen atoms in total. The van der Waals surface area contributed by atoms with Crippen LogP contribution in [0.4, 0.5) is 0 Å². The van der Waals surface area contributed by atoms with Gasteiger partial charge in [-0.1, -0.05) is 40.5 Å². The molecule has 194 valence electrons. The number of ether oxygens (including phenoxy) is 2. The average molecular weight is 542 g/mol. The van der Waals surface area contributed by atoms with Gasteiger partial charge in [0.1, 0.15) is 17.2 Å². The van der Waals surface area contributed by atoms with Crippen molar-refractivity contribution >= 4 is 29.2 Å². The van der Waals surface area contributed by atoms with Crippen LogP contribution < -0.4 is 4.74 Å². The third kappa shape index (κ3) is 4.87. The van der Waals surface area contributed by atoms with Crippen molar-refractivity contribution < 1.29 is 23.9 Å². The van der Waals surface area contributed by atoms with Crippen LogP contribution in [0.15, 0.2) is 47.0 Å². The Balaban J connectivity index is 1.14. The maximum atomic E-state index is 11.3. The Morgan fingerprint density at radius 1 is 1.03 bits per heavy atom. The monoisotopic (exact) mass is 541 g/mol. The van der Waals surface area contributed by atoms with Gasteiger partial charge in [-0.15, -0.1) is 0 Å². The van der Waals surface area contributed by atoms with Crippen molar-refractivity contribution in [2.75, 3.05) is 6.61 Å². The lowest BCUT2D eigenvalue weighted by Gasteiger charge is -2.52. The molecule has 3 aromatic rings. The molecule has 4 fully saturated rings. The minimum atomic E-state index is -0.946. The molecule has 0 unspecified atom stereocenters. The molecule has 2 aromatic carbocycles. The van der Waals surface area contributed by atoms with Crippen LogP contribution in [-0.4, -0.2) is 28.4 Å². The SMILES string of the molecule is O=C(O)c1cccc(OCC23CCC(OCc4c(-c5c(Cl)cccc5Cl)noc4C4CC4)(CC2)CC3)c1. The van der Waals surface area contributed by atoms with Crippen LogP contribution in [-0.2, 0) is 11.3 Å². The smallest absolute Gasteiger partial charge is 0.335 e. The highest BCUT2D eigenvalue weighted by molar-refractivity contribution is 6.39. The van der Waals surface area contributed by atoms with Crippen molar-refractivity contribution in [3.63, 3.8) is 0 Å². The van der Waals surface area contributed by atoms with Gasteiger partial charge in [-0.2, -0.15) is 0 Å². The Labute approximate surface area is 225 Å². The molecule has 37 heavy (non-hydrogen) atoms. The summed E-state index contributed by atoms with van der Waals surface area (Å²) in [5, 5.41) is 14.7. The topological polar surface area (TPSA) is 81.8 Å². The van der Waals surface area contributed by atoms with Crippen molar-refractivity contribution in [3.8, 4) is 17.0 Å². The molecule has 0 amide bonds. The summed E-state index contributed by atoms with van der Waals surface area (Å²) in [6.45, 7) is 1.02. The number of hydrogen-bond acceptors (Lipinski definition) is 5. The van der Waals surface area contributed by atoms with Gasteiger partial charge in [0.25, 0.3) is 0 Å². The fraction of sp³-hybridized carbons (Fsp3) is 0.448. The first-order valence-corrected chi connectivity index (χ1v) is 13.7. The summed E-state index contributed by atoms with van der Waals surface area (Å²) in [4.78, 5) is 11.3. The van der Waals surface area contributed by atoms with E-state index in [0.717, 1.165) is 62.7 Å². The second kappa shape index (κ2) is 9.64. The maximum Gasteiger partial charge on any atom is 0.335 e. The molecule has 4 saturated carbocycles. The minimum absolute atomic E-state index is 0.108. The van der Waals surface area contributed by atoms with Gasteiger partial charge in [-0.3, -0.25) is 0 Å². The Hall–Kier alpha value is -2.54. The second-order valence-electron chi connectivity index (χ2n) is 10.8. The fourth-order valence-electron chi connectivity index (χ4n) is 5.89. The number of halogens is 2. The molecular formula is C29H29Cl2NO5. The summed E-state index contributed by atoms with van der Waals surface area (Å²) < 4.78 is 18.6. The van der Waals surface area contributed by atoms with Gasteiger partial charge in [-0.25, -0.2) is 4.79 Å². The van der Waals surface area contributed by atoms with E-state index in [9.17, 15) is 9.90 Å². The van der Waals surface area contributed by atoms with E-state index in [1.54, 1.807) is 18.2 Å². The summed E-state index contributed by atoms with van der Waals surface area (Å²) in [5.41, 5.74) is 2.55. The molecule has 2 bridgehead atoms. The van der Waals surface area contributed by atoms with Crippen LogP contribution in [0.25, 0.3) is 11.3 Å². The zero-order chi connectivity index (χ0) is 25.6. The standard InChI is InChI=1S/C29H29Cl2NO5/c30-22-5-2-6-23(31)24(22)25-21(26(37-32-25)18-7-8-18)16-36-29-12-9-28(10-13-29,11-14-29)17-35-20-4-1-3-19(15-20)27(33)34/h1-6,15,18H,7-14,16-17H2,(H,33,34). The maximum absolute atomic E-state index is 11.3. The molecule has 0 radical (unpaired) electrons. The van der Waals surface area contributed by atoms with E-state index in [1.807, 2.05) is 24.3 Å². The van der Waals surface area contributed by atoms with Crippen molar-refractivity contribution in [2.45, 2.75) is 69.5 Å². The predicted octanol–water partition coefficient (Wildman–Crippen LogP) is 7.91. The van der Waals surface area contributed by atoms with E-state index < -0.39 is 5.97 Å². The summed E-state index contributed by atoms with van der Waals surface area (Å²) in [6.07, 6.45) is 8.17. The quantitative estimate of drug-likeness (QED) is 0.296. The largest absolute Gasteiger partial charge is 0.493 e. The lowest BCUT2D eigenvalue weighted by molar-refractivity contribution is -0.150. The van der Waals surface area contributed by atoms with Gasteiger partial charge in [0.2, 0.25) is 0 Å². The first-order valence-electron chi connectivity index (χ1n) is 12.9. The highest BCUT2D eigenvalue weighted by Gasteiger charge is 2.50. The molecule has 1 heterocycles. The van der Waals surface area contributed by atoms with Gasteiger partial charge in [-0.05, 0) is 81.7 Å². The number of benzene rings is 2. The van der Waals surface area contributed by atoms with E-state index in [0.29, 0.717) is 46.2 Å². The minimum Gasteiger partial charge on any atom is -0.493 e. The molecule has 0 atom stereocenters. The van der Waals surface area contributed by atoms with Gasteiger partial charge in [0.15, 0.2) is 0 Å². The number of carboxylic acid groups (broad SMARTS) is 1. The molecule has 4 aliphatic carbocycles. The molecule has 1 aromatic heterocycles. The van der Waals surface area contributed by atoms with Crippen LogP contribution in [0.1, 0.15) is 79.0 Å². The predicted molar refractivity (Wildman–Crippen MR) is 140 cm³/mol. The van der Waals surface area contributed by atoms with Crippen molar-refractivity contribution in [1.29, 1.82) is 0 Å². The van der Waals surface area contributed by atoms with E-state index >= 15 is 0 Å². The Kier molecular flexibility index (Phi) is 6.46. The summed E-state index contributed by atoms with van der Waals surface area (Å²) >= 11 is 13.0. The van der Waals surface area contributed by atoms with Crippen LogP contribution in [0.5, 0.6) is 5.75 Å². The third-order valence-electron chi connectivity index (χ3n) is 8.45. The first-order chi connectivity index (χ1) is 17.9. The third-order valence-corrected chi connectivity index (χ3v) is 9.08. The Morgan fingerprint density at radius 2 is 1.70 bits per heavy atom. The summed E-state index contributed by atoms with van der Waals surface area (Å²) in [6, 6.07) is 12.2. The van der Waals surface area contributed by atoms with E-state index in [1.165, 1.54) is 0 Å². The number of aromatic nitrogens is 1. The number of aromatic carboxylic acids is 1. The molecule has 1 N–H and O–H groups in total. The van der Waals surface area contributed by atoms with E-state index in [-0.39, 0.29) is 16.6 Å². The van der Waals surface area contributed by atoms with E-state index in [4.69, 9.17) is 37.2 Å². The highest BCUT2D eigenvalue weighted by Crippen LogP contribution is 2.55. The Morgan fingerprint density at radius 3 is 2.35 bits per heavy atom. The van der Waals surface area contributed by atoms with Gasteiger partial charge in [0.05, 0.1) is 34.4 Å². The number of carbonyl (C=O) groups is 1. The van der Waals surface area contributed by atoms with Gasteiger partial charge < -0.3 is 19.1 Å². The van der Waals surface area contributed by atoms with E-state index in [2.05, 4.69) is 5.16 Å². The lowest BCUT2D eigenvalue weighted by Crippen LogP contribution is -2.49. The fourth-order valence-corrected chi connectivity index (χ4v) is 6.47. The molecule has 8 heteroatoms. The number of hydrogen-bond donors (Lipinski definition) is 1. The second-order valence-corrected chi connectivity index (χ2v) is 11.7. The van der Waals surface area contributed by atoms with Gasteiger partial charge in [0, 0.05) is 22.5 Å². The first kappa shape index (κ1) is 24.8. The van der Waals surface area contributed by atoms with Crippen LogP contribution in [0.3, 0.4) is 0 Å². The van der Waals surface area contributed by atoms with Gasteiger partial charge >= 0.3 is 5.97 Å². The number of rotatable bonds is 9. The van der Waals surface area contributed by atoms with Crippen LogP contribution in [0, 0.1) is 5.41 Å². The molecule has 0 spiro atoms.